The van der Waals surface area contributed by atoms with E-state index in [1.807, 2.05) is 0 Å². The molecule has 0 aliphatic heterocycles. The Morgan fingerprint density at radius 1 is 1.10 bits per heavy atom. The molecule has 4 aliphatic carbocycles. The van der Waals surface area contributed by atoms with Crippen LogP contribution < -0.4 is 0 Å². The predicted molar refractivity (Wildman–Crippen MR) is 111 cm³/mol. The van der Waals surface area contributed by atoms with Crippen LogP contribution >= 0.6 is 0 Å². The van der Waals surface area contributed by atoms with Crippen molar-refractivity contribution in [2.75, 3.05) is 7.11 Å². The number of carbonyl (C=O) groups is 4. The highest BCUT2D eigenvalue weighted by atomic mass is 16.5. The van der Waals surface area contributed by atoms with Crippen molar-refractivity contribution in [3.8, 4) is 0 Å². The fraction of sp³-hybridized carbons (Fsp3) is 0.840. The Bertz CT molecular complexity index is 772. The molecular weight excluding hydrogens is 380 g/mol. The van der Waals surface area contributed by atoms with Gasteiger partial charge in [-0.05, 0) is 60.7 Å². The van der Waals surface area contributed by atoms with E-state index in [2.05, 4.69) is 20.8 Å². The molecule has 0 heterocycles. The SMILES string of the molecule is COC(=O)CC[C@H](C)[C@H]1CC[C@@H]2[C@H]3C(=O)C[C@@H]4CC(=O)CC[C@]4(C)[C@@H]3CC(=O)[C@@]21C. The summed E-state index contributed by atoms with van der Waals surface area (Å²) >= 11 is 0. The summed E-state index contributed by atoms with van der Waals surface area (Å²) in [6.07, 6.45) is 5.87. The van der Waals surface area contributed by atoms with Crippen LogP contribution in [0.1, 0.15) is 78.6 Å². The van der Waals surface area contributed by atoms with Crippen molar-refractivity contribution in [3.05, 3.63) is 0 Å². The second-order valence-corrected chi connectivity index (χ2v) is 11.0. The molecule has 4 aliphatic rings. The molecular formula is C25H36O5. The molecule has 8 atom stereocenters. The van der Waals surface area contributed by atoms with E-state index in [-0.39, 0.29) is 52.7 Å². The van der Waals surface area contributed by atoms with Gasteiger partial charge >= 0.3 is 5.97 Å². The van der Waals surface area contributed by atoms with Gasteiger partial charge in [0.2, 0.25) is 0 Å². The Morgan fingerprint density at radius 2 is 1.83 bits per heavy atom. The van der Waals surface area contributed by atoms with Crippen LogP contribution in [-0.2, 0) is 23.9 Å². The van der Waals surface area contributed by atoms with Gasteiger partial charge in [-0.25, -0.2) is 0 Å². The van der Waals surface area contributed by atoms with Crippen LogP contribution in [0.3, 0.4) is 0 Å². The van der Waals surface area contributed by atoms with Crippen molar-refractivity contribution in [2.24, 2.45) is 46.3 Å². The summed E-state index contributed by atoms with van der Waals surface area (Å²) in [6.45, 7) is 6.50. The summed E-state index contributed by atoms with van der Waals surface area (Å²) in [5.74, 6) is 1.41. The second kappa shape index (κ2) is 7.56. The monoisotopic (exact) mass is 416 g/mol. The average molecular weight is 417 g/mol. The molecule has 0 saturated heterocycles. The second-order valence-electron chi connectivity index (χ2n) is 11.0. The molecule has 0 unspecified atom stereocenters. The van der Waals surface area contributed by atoms with E-state index in [9.17, 15) is 19.2 Å². The maximum atomic E-state index is 13.7. The molecule has 0 N–H and O–H groups in total. The summed E-state index contributed by atoms with van der Waals surface area (Å²) < 4.78 is 4.80. The summed E-state index contributed by atoms with van der Waals surface area (Å²) in [7, 11) is 1.41. The third-order valence-electron chi connectivity index (χ3n) is 9.94. The van der Waals surface area contributed by atoms with Crippen molar-refractivity contribution in [1.29, 1.82) is 0 Å². The quantitative estimate of drug-likeness (QED) is 0.643. The molecule has 0 aromatic carbocycles. The summed E-state index contributed by atoms with van der Waals surface area (Å²) in [4.78, 5) is 50.7. The largest absolute Gasteiger partial charge is 0.469 e. The van der Waals surface area contributed by atoms with Gasteiger partial charge in [0.05, 0.1) is 7.11 Å². The zero-order valence-electron chi connectivity index (χ0n) is 18.9. The van der Waals surface area contributed by atoms with Gasteiger partial charge in [0.15, 0.2) is 0 Å². The number of fused-ring (bicyclic) bond motifs is 5. The molecule has 0 amide bonds. The number of ether oxygens (including phenoxy) is 1. The number of methoxy groups -OCH3 is 1. The van der Waals surface area contributed by atoms with Crippen LogP contribution in [0.2, 0.25) is 0 Å². The number of carbonyl (C=O) groups excluding carboxylic acids is 4. The number of hydrogen-bond donors (Lipinski definition) is 0. The van der Waals surface area contributed by atoms with Crippen molar-refractivity contribution >= 4 is 23.3 Å². The lowest BCUT2D eigenvalue weighted by Gasteiger charge is -2.58. The number of ketones is 3. The third kappa shape index (κ3) is 3.10. The van der Waals surface area contributed by atoms with Gasteiger partial charge in [0.1, 0.15) is 17.3 Å². The molecule has 30 heavy (non-hydrogen) atoms. The number of rotatable bonds is 4. The highest BCUT2D eigenvalue weighted by molar-refractivity contribution is 5.93. The van der Waals surface area contributed by atoms with E-state index in [0.29, 0.717) is 43.7 Å². The first-order valence-electron chi connectivity index (χ1n) is 11.8. The zero-order valence-corrected chi connectivity index (χ0v) is 18.9. The Morgan fingerprint density at radius 3 is 2.53 bits per heavy atom. The van der Waals surface area contributed by atoms with E-state index in [1.54, 1.807) is 0 Å². The molecule has 0 radical (unpaired) electrons. The van der Waals surface area contributed by atoms with E-state index in [1.165, 1.54) is 7.11 Å². The van der Waals surface area contributed by atoms with Gasteiger partial charge in [0.25, 0.3) is 0 Å². The molecule has 4 rings (SSSR count). The van der Waals surface area contributed by atoms with E-state index in [0.717, 1.165) is 25.7 Å². The van der Waals surface area contributed by atoms with Crippen LogP contribution in [0.15, 0.2) is 0 Å². The zero-order chi connectivity index (χ0) is 21.8. The fourth-order valence-corrected chi connectivity index (χ4v) is 8.04. The first-order chi connectivity index (χ1) is 14.1. The lowest BCUT2D eigenvalue weighted by molar-refractivity contribution is -0.166. The van der Waals surface area contributed by atoms with Crippen LogP contribution in [-0.4, -0.2) is 30.4 Å². The molecule has 5 heteroatoms. The van der Waals surface area contributed by atoms with Gasteiger partial charge in [-0.1, -0.05) is 20.8 Å². The maximum absolute atomic E-state index is 13.7. The van der Waals surface area contributed by atoms with Crippen LogP contribution in [0, 0.1) is 46.3 Å². The number of Topliss-reactive ketones (excluding diaryl/α,β-unsaturated/α-hetero) is 3. The number of hydrogen-bond acceptors (Lipinski definition) is 5. The van der Waals surface area contributed by atoms with Crippen LogP contribution in [0.4, 0.5) is 0 Å². The van der Waals surface area contributed by atoms with E-state index >= 15 is 0 Å². The van der Waals surface area contributed by atoms with Gasteiger partial charge in [0, 0.05) is 43.4 Å². The molecule has 0 aromatic rings. The normalized spacial score (nSPS) is 44.1. The first-order valence-corrected chi connectivity index (χ1v) is 11.8. The van der Waals surface area contributed by atoms with Crippen LogP contribution in [0.5, 0.6) is 0 Å². The van der Waals surface area contributed by atoms with Crippen LogP contribution in [0.25, 0.3) is 0 Å². The Balaban J connectivity index is 1.60. The highest BCUT2D eigenvalue weighted by Gasteiger charge is 2.66. The Kier molecular flexibility index (Phi) is 5.47. The minimum Gasteiger partial charge on any atom is -0.469 e. The Labute approximate surface area is 179 Å². The van der Waals surface area contributed by atoms with Crippen molar-refractivity contribution in [2.45, 2.75) is 78.6 Å². The van der Waals surface area contributed by atoms with Crippen molar-refractivity contribution in [3.63, 3.8) is 0 Å². The molecule has 0 spiro atoms. The molecule has 5 nitrogen and oxygen atoms in total. The van der Waals surface area contributed by atoms with Gasteiger partial charge < -0.3 is 4.74 Å². The summed E-state index contributed by atoms with van der Waals surface area (Å²) in [5, 5.41) is 0. The standard InChI is InChI=1S/C25H36O5/c1-14(5-8-22(29)30-4)17-6-7-18-23-19(13-21(28)25(17,18)3)24(2)10-9-16(26)11-15(24)12-20(23)27/h14-15,17-19,23H,5-13H2,1-4H3/t14-,15-,17+,18+,19+,23+,24-,25+/m0/s1. The minimum absolute atomic E-state index is 0.0417. The van der Waals surface area contributed by atoms with Crippen molar-refractivity contribution < 1.29 is 23.9 Å². The first kappa shape index (κ1) is 21.7. The third-order valence-corrected chi connectivity index (χ3v) is 9.94. The smallest absolute Gasteiger partial charge is 0.305 e. The fourth-order valence-electron chi connectivity index (χ4n) is 8.04. The van der Waals surface area contributed by atoms with Gasteiger partial charge in [-0.2, -0.15) is 0 Å². The van der Waals surface area contributed by atoms with Gasteiger partial charge in [-0.3, -0.25) is 19.2 Å². The number of esters is 1. The lowest BCUT2D eigenvalue weighted by Crippen LogP contribution is -2.60. The Hall–Kier alpha value is -1.52. The van der Waals surface area contributed by atoms with E-state index in [4.69, 9.17) is 4.74 Å². The molecule has 4 saturated carbocycles. The topological polar surface area (TPSA) is 77.5 Å². The predicted octanol–water partition coefficient (Wildman–Crippen LogP) is 4.16. The van der Waals surface area contributed by atoms with Crippen molar-refractivity contribution in [1.82, 2.24) is 0 Å². The molecule has 0 aromatic heterocycles. The molecule has 166 valence electrons. The van der Waals surface area contributed by atoms with E-state index < -0.39 is 5.41 Å². The maximum Gasteiger partial charge on any atom is 0.305 e. The molecule has 4 fully saturated rings. The average Bonchev–Trinajstić information content (AvgIpc) is 3.06. The van der Waals surface area contributed by atoms with Gasteiger partial charge in [-0.15, -0.1) is 0 Å². The highest BCUT2D eigenvalue weighted by Crippen LogP contribution is 2.66. The summed E-state index contributed by atoms with van der Waals surface area (Å²) in [6, 6.07) is 0. The summed E-state index contributed by atoms with van der Waals surface area (Å²) in [5.41, 5.74) is -0.544. The lowest BCUT2D eigenvalue weighted by atomic mass is 9.44. The minimum atomic E-state index is -0.472. The molecule has 0 bridgehead atoms.